The van der Waals surface area contributed by atoms with Crippen LogP contribution in [0, 0.1) is 0 Å². The van der Waals surface area contributed by atoms with Gasteiger partial charge in [0, 0.05) is 25.9 Å². The first kappa shape index (κ1) is 7.09. The van der Waals surface area contributed by atoms with Crippen LogP contribution in [0.3, 0.4) is 0 Å². The Hall–Kier alpha value is -1.58. The second kappa shape index (κ2) is 2.81. The van der Waals surface area contributed by atoms with Gasteiger partial charge in [-0.1, -0.05) is 6.08 Å². The maximum atomic E-state index is 4.18. The van der Waals surface area contributed by atoms with Gasteiger partial charge in [-0.2, -0.15) is 10.2 Å². The van der Waals surface area contributed by atoms with E-state index in [1.54, 1.807) is 15.9 Å². The van der Waals surface area contributed by atoms with Crippen LogP contribution < -0.4 is 5.01 Å². The van der Waals surface area contributed by atoms with E-state index in [1.165, 1.54) is 0 Å². The fourth-order valence-electron chi connectivity index (χ4n) is 1.07. The molecule has 2 rings (SSSR count). The number of aromatic nitrogens is 2. The van der Waals surface area contributed by atoms with E-state index in [0.29, 0.717) is 0 Å². The molecule has 1 aromatic rings. The molecule has 0 spiro atoms. The summed E-state index contributed by atoms with van der Waals surface area (Å²) in [7, 11) is 1.89. The molecule has 0 amide bonds. The van der Waals surface area contributed by atoms with Crippen molar-refractivity contribution in [1.29, 1.82) is 0 Å². The average molecular weight is 162 g/mol. The molecule has 12 heavy (non-hydrogen) atoms. The van der Waals surface area contributed by atoms with Crippen molar-refractivity contribution in [3.63, 3.8) is 0 Å². The fourth-order valence-corrected chi connectivity index (χ4v) is 1.07. The molecule has 0 atom stereocenters. The molecule has 2 heterocycles. The van der Waals surface area contributed by atoms with Crippen LogP contribution >= 0.6 is 0 Å². The van der Waals surface area contributed by atoms with E-state index in [-0.39, 0.29) is 0 Å². The van der Waals surface area contributed by atoms with Gasteiger partial charge in [-0.3, -0.25) is 4.68 Å². The first-order valence-corrected chi connectivity index (χ1v) is 3.83. The van der Waals surface area contributed by atoms with E-state index < -0.39 is 0 Å². The summed E-state index contributed by atoms with van der Waals surface area (Å²) < 4.78 is 1.76. The topological polar surface area (TPSA) is 33.4 Å². The zero-order chi connectivity index (χ0) is 8.39. The molecule has 4 heteroatoms. The Morgan fingerprint density at radius 2 is 2.42 bits per heavy atom. The van der Waals surface area contributed by atoms with Crippen molar-refractivity contribution < 1.29 is 0 Å². The van der Waals surface area contributed by atoms with Crippen molar-refractivity contribution in [1.82, 2.24) is 9.78 Å². The minimum Gasteiger partial charge on any atom is -0.274 e. The number of rotatable bonds is 1. The molecule has 0 bridgehead atoms. The van der Waals surface area contributed by atoms with E-state index in [1.807, 2.05) is 25.7 Å². The number of allylic oxidation sites excluding steroid dienone is 1. The molecule has 0 aromatic carbocycles. The quantitative estimate of drug-likeness (QED) is 0.620. The van der Waals surface area contributed by atoms with Gasteiger partial charge in [0.2, 0.25) is 0 Å². The first-order chi connectivity index (χ1) is 5.86. The summed E-state index contributed by atoms with van der Waals surface area (Å²) in [6.07, 6.45) is 10.5. The molecule has 0 saturated heterocycles. The van der Waals surface area contributed by atoms with Crippen LogP contribution in [0.2, 0.25) is 0 Å². The third-order valence-corrected chi connectivity index (χ3v) is 1.65. The van der Waals surface area contributed by atoms with Crippen molar-refractivity contribution in [2.24, 2.45) is 12.1 Å². The predicted molar refractivity (Wildman–Crippen MR) is 47.9 cm³/mol. The SMILES string of the molecule is Cn1cc(N2C=CCC=N2)cn1. The standard InChI is InChI=1S/C8H10N4/c1-11-7-8(6-10-11)12-5-3-2-4-9-12/h3-7H,2H2,1H3. The van der Waals surface area contributed by atoms with Crippen LogP contribution in [-0.4, -0.2) is 16.0 Å². The number of hydrazone groups is 1. The highest BCUT2D eigenvalue weighted by molar-refractivity contribution is 5.64. The van der Waals surface area contributed by atoms with E-state index in [2.05, 4.69) is 16.3 Å². The highest BCUT2D eigenvalue weighted by Crippen LogP contribution is 2.14. The summed E-state index contributed by atoms with van der Waals surface area (Å²) in [6.45, 7) is 0. The van der Waals surface area contributed by atoms with E-state index in [0.717, 1.165) is 12.1 Å². The second-order valence-electron chi connectivity index (χ2n) is 2.64. The van der Waals surface area contributed by atoms with Gasteiger partial charge >= 0.3 is 0 Å². The molecule has 1 aliphatic heterocycles. The van der Waals surface area contributed by atoms with E-state index in [9.17, 15) is 0 Å². The van der Waals surface area contributed by atoms with Crippen molar-refractivity contribution in [3.05, 3.63) is 24.7 Å². The summed E-state index contributed by atoms with van der Waals surface area (Å²) >= 11 is 0. The number of hydrogen-bond acceptors (Lipinski definition) is 3. The molecule has 1 aromatic heterocycles. The lowest BCUT2D eigenvalue weighted by atomic mass is 10.4. The van der Waals surface area contributed by atoms with E-state index >= 15 is 0 Å². The van der Waals surface area contributed by atoms with Gasteiger partial charge in [-0.15, -0.1) is 0 Å². The monoisotopic (exact) mass is 162 g/mol. The normalized spacial score (nSPS) is 15.6. The molecule has 0 radical (unpaired) electrons. The van der Waals surface area contributed by atoms with Gasteiger partial charge in [0.25, 0.3) is 0 Å². The number of anilines is 1. The summed E-state index contributed by atoms with van der Waals surface area (Å²) in [5, 5.41) is 10.0. The van der Waals surface area contributed by atoms with E-state index in [4.69, 9.17) is 0 Å². The first-order valence-electron chi connectivity index (χ1n) is 3.83. The number of aryl methyl sites for hydroxylation is 1. The third-order valence-electron chi connectivity index (χ3n) is 1.65. The lowest BCUT2D eigenvalue weighted by Gasteiger charge is -2.13. The molecule has 0 fully saturated rings. The highest BCUT2D eigenvalue weighted by atomic mass is 15.5. The lowest BCUT2D eigenvalue weighted by Crippen LogP contribution is -2.09. The van der Waals surface area contributed by atoms with Crippen molar-refractivity contribution in [2.75, 3.05) is 5.01 Å². The van der Waals surface area contributed by atoms with Crippen LogP contribution in [0.5, 0.6) is 0 Å². The minimum atomic E-state index is 0.913. The van der Waals surface area contributed by atoms with Gasteiger partial charge in [0.05, 0.1) is 12.4 Å². The fraction of sp³-hybridized carbons (Fsp3) is 0.250. The van der Waals surface area contributed by atoms with Gasteiger partial charge in [0.1, 0.15) is 5.69 Å². The molecule has 0 aliphatic carbocycles. The number of hydrogen-bond donors (Lipinski definition) is 0. The third kappa shape index (κ3) is 1.23. The van der Waals surface area contributed by atoms with Gasteiger partial charge in [-0.25, -0.2) is 5.01 Å². The smallest absolute Gasteiger partial charge is 0.102 e. The maximum Gasteiger partial charge on any atom is 0.102 e. The predicted octanol–water partition coefficient (Wildman–Crippen LogP) is 1.13. The zero-order valence-electron chi connectivity index (χ0n) is 6.88. The molecular weight excluding hydrogens is 152 g/mol. The maximum absolute atomic E-state index is 4.18. The average Bonchev–Trinajstić information content (AvgIpc) is 2.54. The molecule has 1 aliphatic rings. The van der Waals surface area contributed by atoms with Crippen LogP contribution in [0.1, 0.15) is 6.42 Å². The number of nitrogens with zero attached hydrogens (tertiary/aromatic N) is 4. The van der Waals surface area contributed by atoms with Gasteiger partial charge in [-0.05, 0) is 0 Å². The lowest BCUT2D eigenvalue weighted by molar-refractivity contribution is 0.767. The van der Waals surface area contributed by atoms with Crippen LogP contribution in [0.25, 0.3) is 0 Å². The molecule has 0 saturated carbocycles. The summed E-state index contributed by atoms with van der Waals surface area (Å²) in [5.41, 5.74) is 0.990. The van der Waals surface area contributed by atoms with Gasteiger partial charge in [0.15, 0.2) is 0 Å². The zero-order valence-corrected chi connectivity index (χ0v) is 6.88. The van der Waals surface area contributed by atoms with Crippen LogP contribution in [0.4, 0.5) is 5.69 Å². The van der Waals surface area contributed by atoms with Crippen LogP contribution in [0.15, 0.2) is 29.8 Å². The largest absolute Gasteiger partial charge is 0.274 e. The Morgan fingerprint density at radius 3 is 3.00 bits per heavy atom. The Kier molecular flexibility index (Phi) is 1.66. The van der Waals surface area contributed by atoms with Crippen molar-refractivity contribution in [3.8, 4) is 0 Å². The second-order valence-corrected chi connectivity index (χ2v) is 2.64. The molecule has 0 N–H and O–H groups in total. The Bertz CT molecular complexity index is 312. The van der Waals surface area contributed by atoms with Crippen molar-refractivity contribution >= 4 is 11.9 Å². The molecule has 4 nitrogen and oxygen atoms in total. The molecule has 0 unspecified atom stereocenters. The highest BCUT2D eigenvalue weighted by Gasteiger charge is 2.03. The van der Waals surface area contributed by atoms with Crippen LogP contribution in [-0.2, 0) is 7.05 Å². The van der Waals surface area contributed by atoms with Crippen molar-refractivity contribution in [2.45, 2.75) is 6.42 Å². The summed E-state index contributed by atoms with van der Waals surface area (Å²) in [6, 6.07) is 0. The summed E-state index contributed by atoms with van der Waals surface area (Å²) in [4.78, 5) is 0. The molecule has 62 valence electrons. The molecular formula is C8H10N4. The summed E-state index contributed by atoms with van der Waals surface area (Å²) in [5.74, 6) is 0. The minimum absolute atomic E-state index is 0.913. The van der Waals surface area contributed by atoms with Gasteiger partial charge < -0.3 is 0 Å². The Balaban J connectivity index is 2.24. The Labute approximate surface area is 70.8 Å². The Morgan fingerprint density at radius 1 is 1.50 bits per heavy atom.